The van der Waals surface area contributed by atoms with Gasteiger partial charge in [-0.05, 0) is 44.2 Å². The lowest BCUT2D eigenvalue weighted by molar-refractivity contribution is 0.0920. The molecule has 1 aromatic carbocycles. The van der Waals surface area contributed by atoms with Gasteiger partial charge in [-0.15, -0.1) is 0 Å². The van der Waals surface area contributed by atoms with Crippen LogP contribution in [0.15, 0.2) is 24.3 Å². The third-order valence-corrected chi connectivity index (χ3v) is 4.45. The Labute approximate surface area is 128 Å². The van der Waals surface area contributed by atoms with Crippen LogP contribution in [0.4, 0.5) is 5.69 Å². The van der Waals surface area contributed by atoms with Crippen LogP contribution in [-0.2, 0) is 0 Å². The van der Waals surface area contributed by atoms with Gasteiger partial charge in [0, 0.05) is 18.3 Å². The molecule has 2 rings (SSSR count). The summed E-state index contributed by atoms with van der Waals surface area (Å²) < 4.78 is 0. The summed E-state index contributed by atoms with van der Waals surface area (Å²) in [6.45, 7) is 5.17. The van der Waals surface area contributed by atoms with Crippen LogP contribution in [0.2, 0.25) is 0 Å². The first kappa shape index (κ1) is 15.9. The number of benzene rings is 1. The Balaban J connectivity index is 1.98. The molecule has 3 heteroatoms. The summed E-state index contributed by atoms with van der Waals surface area (Å²) in [5, 5.41) is 6.54. The van der Waals surface area contributed by atoms with E-state index < -0.39 is 0 Å². The normalized spacial score (nSPS) is 17.2. The second-order valence-corrected chi connectivity index (χ2v) is 6.13. The molecule has 0 heterocycles. The summed E-state index contributed by atoms with van der Waals surface area (Å²) >= 11 is 0. The largest absolute Gasteiger partial charge is 0.384 e. The summed E-state index contributed by atoms with van der Waals surface area (Å²) in [5.74, 6) is 0.686. The molecule has 21 heavy (non-hydrogen) atoms. The van der Waals surface area contributed by atoms with E-state index in [4.69, 9.17) is 0 Å². The molecule has 0 spiro atoms. The van der Waals surface area contributed by atoms with Crippen molar-refractivity contribution in [3.63, 3.8) is 0 Å². The van der Waals surface area contributed by atoms with Gasteiger partial charge in [-0.25, -0.2) is 0 Å². The number of carbonyl (C=O) groups is 1. The molecule has 0 unspecified atom stereocenters. The van der Waals surface area contributed by atoms with Gasteiger partial charge in [0.1, 0.15) is 0 Å². The molecule has 1 aliphatic rings. The highest BCUT2D eigenvalue weighted by Crippen LogP contribution is 2.26. The van der Waals surface area contributed by atoms with Crippen LogP contribution in [0.3, 0.4) is 0 Å². The van der Waals surface area contributed by atoms with Crippen LogP contribution in [0, 0.1) is 5.92 Å². The van der Waals surface area contributed by atoms with Gasteiger partial charge >= 0.3 is 0 Å². The Bertz CT molecular complexity index is 452. The fraction of sp³-hybridized carbons (Fsp3) is 0.611. The smallest absolute Gasteiger partial charge is 0.253 e. The average molecular weight is 288 g/mol. The van der Waals surface area contributed by atoms with E-state index in [1.807, 2.05) is 24.3 Å². The lowest BCUT2D eigenvalue weighted by Crippen LogP contribution is -2.39. The molecule has 0 saturated heterocycles. The molecule has 1 amide bonds. The van der Waals surface area contributed by atoms with E-state index in [1.54, 1.807) is 0 Å². The predicted octanol–water partition coefficient (Wildman–Crippen LogP) is 4.21. The van der Waals surface area contributed by atoms with Crippen molar-refractivity contribution in [3.8, 4) is 0 Å². The molecule has 0 aliphatic heterocycles. The number of rotatable bonds is 6. The molecule has 3 nitrogen and oxygen atoms in total. The zero-order valence-corrected chi connectivity index (χ0v) is 13.3. The lowest BCUT2D eigenvalue weighted by atomic mass is 9.84. The van der Waals surface area contributed by atoms with Crippen LogP contribution in [0.5, 0.6) is 0 Å². The SMILES string of the molecule is CCCNc1ccccc1C(=O)N[C@H](C)C1CCCCC1. The van der Waals surface area contributed by atoms with Gasteiger partial charge in [0.05, 0.1) is 5.56 Å². The topological polar surface area (TPSA) is 41.1 Å². The van der Waals surface area contributed by atoms with Crippen molar-refractivity contribution in [2.75, 3.05) is 11.9 Å². The van der Waals surface area contributed by atoms with E-state index in [0.29, 0.717) is 5.92 Å². The quantitative estimate of drug-likeness (QED) is 0.823. The van der Waals surface area contributed by atoms with E-state index in [1.165, 1.54) is 32.1 Å². The van der Waals surface area contributed by atoms with Crippen molar-refractivity contribution in [1.82, 2.24) is 5.32 Å². The molecular formula is C18H28N2O. The highest BCUT2D eigenvalue weighted by Gasteiger charge is 2.22. The zero-order valence-electron chi connectivity index (χ0n) is 13.3. The first-order chi connectivity index (χ1) is 10.2. The monoisotopic (exact) mass is 288 g/mol. The van der Waals surface area contributed by atoms with E-state index in [9.17, 15) is 4.79 Å². The molecule has 1 aromatic rings. The van der Waals surface area contributed by atoms with Gasteiger partial charge in [-0.1, -0.05) is 38.3 Å². The number of carbonyl (C=O) groups excluding carboxylic acids is 1. The minimum Gasteiger partial charge on any atom is -0.384 e. The van der Waals surface area contributed by atoms with E-state index >= 15 is 0 Å². The molecule has 1 saturated carbocycles. The predicted molar refractivity (Wildman–Crippen MR) is 88.7 cm³/mol. The maximum atomic E-state index is 12.5. The van der Waals surface area contributed by atoms with Crippen LogP contribution in [-0.4, -0.2) is 18.5 Å². The molecule has 2 N–H and O–H groups in total. The number of nitrogens with one attached hydrogen (secondary N) is 2. The highest BCUT2D eigenvalue weighted by atomic mass is 16.1. The molecule has 1 atom stereocenters. The van der Waals surface area contributed by atoms with Gasteiger partial charge in [-0.2, -0.15) is 0 Å². The lowest BCUT2D eigenvalue weighted by Gasteiger charge is -2.28. The van der Waals surface area contributed by atoms with Gasteiger partial charge in [0.25, 0.3) is 5.91 Å². The number of para-hydroxylation sites is 1. The third-order valence-electron chi connectivity index (χ3n) is 4.45. The highest BCUT2D eigenvalue weighted by molar-refractivity contribution is 5.99. The van der Waals surface area contributed by atoms with E-state index in [-0.39, 0.29) is 11.9 Å². The Hall–Kier alpha value is -1.51. The van der Waals surface area contributed by atoms with Crippen molar-refractivity contribution < 1.29 is 4.79 Å². The fourth-order valence-electron chi connectivity index (χ4n) is 3.13. The number of hydrogen-bond acceptors (Lipinski definition) is 2. The molecule has 1 fully saturated rings. The Kier molecular flexibility index (Phi) is 6.09. The van der Waals surface area contributed by atoms with Crippen LogP contribution in [0.1, 0.15) is 62.7 Å². The van der Waals surface area contributed by atoms with Gasteiger partial charge in [0.15, 0.2) is 0 Å². The number of anilines is 1. The summed E-state index contributed by atoms with van der Waals surface area (Å²) in [6, 6.07) is 8.05. The molecule has 1 aliphatic carbocycles. The van der Waals surface area contributed by atoms with Gasteiger partial charge in [0.2, 0.25) is 0 Å². The first-order valence-corrected chi connectivity index (χ1v) is 8.36. The van der Waals surface area contributed by atoms with Gasteiger partial charge in [-0.3, -0.25) is 4.79 Å². The van der Waals surface area contributed by atoms with Crippen molar-refractivity contribution in [2.45, 2.75) is 58.4 Å². The van der Waals surface area contributed by atoms with Crippen LogP contribution in [0.25, 0.3) is 0 Å². The van der Waals surface area contributed by atoms with Gasteiger partial charge < -0.3 is 10.6 Å². The Morgan fingerprint density at radius 1 is 1.24 bits per heavy atom. The molecular weight excluding hydrogens is 260 g/mol. The Morgan fingerprint density at radius 2 is 1.95 bits per heavy atom. The summed E-state index contributed by atoms with van der Waals surface area (Å²) in [6.07, 6.45) is 7.50. The van der Waals surface area contributed by atoms with Crippen molar-refractivity contribution in [3.05, 3.63) is 29.8 Å². The van der Waals surface area contributed by atoms with Crippen molar-refractivity contribution in [2.24, 2.45) is 5.92 Å². The van der Waals surface area contributed by atoms with Crippen LogP contribution >= 0.6 is 0 Å². The second kappa shape index (κ2) is 8.06. The maximum absolute atomic E-state index is 12.5. The second-order valence-electron chi connectivity index (χ2n) is 6.13. The third kappa shape index (κ3) is 4.48. The van der Waals surface area contributed by atoms with E-state index in [2.05, 4.69) is 24.5 Å². The minimum atomic E-state index is 0.0484. The van der Waals surface area contributed by atoms with Crippen LogP contribution < -0.4 is 10.6 Å². The molecule has 116 valence electrons. The summed E-state index contributed by atoms with van der Waals surface area (Å²) in [5.41, 5.74) is 1.70. The molecule has 0 bridgehead atoms. The number of amides is 1. The fourth-order valence-corrected chi connectivity index (χ4v) is 3.13. The standard InChI is InChI=1S/C18H28N2O/c1-3-13-19-17-12-8-7-11-16(17)18(21)20-14(2)15-9-5-4-6-10-15/h7-8,11-12,14-15,19H,3-6,9-10,13H2,1-2H3,(H,20,21)/t14-/m1/s1. The minimum absolute atomic E-state index is 0.0484. The number of hydrogen-bond donors (Lipinski definition) is 2. The van der Waals surface area contributed by atoms with Crippen molar-refractivity contribution >= 4 is 11.6 Å². The Morgan fingerprint density at radius 3 is 2.67 bits per heavy atom. The maximum Gasteiger partial charge on any atom is 0.253 e. The molecule has 0 radical (unpaired) electrons. The summed E-state index contributed by atoms with van der Waals surface area (Å²) in [4.78, 5) is 12.5. The molecule has 0 aromatic heterocycles. The zero-order chi connectivity index (χ0) is 15.1. The average Bonchev–Trinajstić information content (AvgIpc) is 2.54. The first-order valence-electron chi connectivity index (χ1n) is 8.36. The van der Waals surface area contributed by atoms with E-state index in [0.717, 1.165) is 24.2 Å². The van der Waals surface area contributed by atoms with Crippen molar-refractivity contribution in [1.29, 1.82) is 0 Å². The summed E-state index contributed by atoms with van der Waals surface area (Å²) in [7, 11) is 0.